The topological polar surface area (TPSA) is 222 Å². The molecule has 0 bridgehead atoms. The smallest absolute Gasteiger partial charge is 0.407 e. The van der Waals surface area contributed by atoms with Crippen molar-refractivity contribution in [3.05, 3.63) is 71.1 Å². The highest BCUT2D eigenvalue weighted by atomic mass is 16.6. The van der Waals surface area contributed by atoms with Crippen LogP contribution in [0, 0.1) is 17.3 Å². The molecule has 3 aromatic rings. The number of aromatic amines is 1. The van der Waals surface area contributed by atoms with Crippen molar-refractivity contribution in [3.63, 3.8) is 0 Å². The molecule has 3 N–H and O–H groups in total. The predicted octanol–water partition coefficient (Wildman–Crippen LogP) is 3.16. The SMILES string of the molecule is C[C@]12CCc3n[nH]nc3CC[C@H]1[C@H]2COC(=O)NCCOCCOCCCC(=O)C(c1ccccn1)N1CCOCCOCCN(Cc2cccc(C(=O)O)n2)CCOCCOCC1. The van der Waals surface area contributed by atoms with Gasteiger partial charge in [0.05, 0.1) is 102 Å². The van der Waals surface area contributed by atoms with E-state index in [-0.39, 0.29) is 16.9 Å². The molecule has 1 amide bonds. The molecule has 1 aliphatic heterocycles. The van der Waals surface area contributed by atoms with Crippen molar-refractivity contribution in [3.8, 4) is 0 Å². The second-order valence-corrected chi connectivity index (χ2v) is 16.5. The molecule has 4 atom stereocenters. The number of aromatic nitrogens is 5. The van der Waals surface area contributed by atoms with Crippen molar-refractivity contribution >= 4 is 17.8 Å². The number of nitrogens with zero attached hydrogens (tertiary/aromatic N) is 6. The van der Waals surface area contributed by atoms with Gasteiger partial charge in [0.25, 0.3) is 0 Å². The van der Waals surface area contributed by atoms with Crippen LogP contribution in [0.4, 0.5) is 4.79 Å². The van der Waals surface area contributed by atoms with E-state index in [9.17, 15) is 19.5 Å². The van der Waals surface area contributed by atoms with Crippen LogP contribution >= 0.6 is 0 Å². The summed E-state index contributed by atoms with van der Waals surface area (Å²) in [5.74, 6) is -0.144. The van der Waals surface area contributed by atoms with Crippen LogP contribution in [-0.2, 0) is 57.3 Å². The van der Waals surface area contributed by atoms with Crippen LogP contribution in [0.25, 0.3) is 0 Å². The molecule has 3 aromatic heterocycles. The fourth-order valence-corrected chi connectivity index (χ4v) is 8.62. The minimum absolute atomic E-state index is 0.0112. The number of ketones is 1. The number of H-pyrrole nitrogens is 1. The number of hydrogen-bond donors (Lipinski definition) is 3. The monoisotopic (exact) mass is 894 g/mol. The molecule has 1 saturated carbocycles. The fourth-order valence-electron chi connectivity index (χ4n) is 8.62. The lowest BCUT2D eigenvalue weighted by Crippen LogP contribution is -2.39. The van der Waals surface area contributed by atoms with Gasteiger partial charge in [-0.2, -0.15) is 15.4 Å². The number of rotatable bonds is 18. The van der Waals surface area contributed by atoms with Crippen molar-refractivity contribution in [2.45, 2.75) is 58.0 Å². The summed E-state index contributed by atoms with van der Waals surface area (Å²) in [7, 11) is 0. The number of ether oxygens (including phenoxy) is 7. The highest BCUT2D eigenvalue weighted by Crippen LogP contribution is 2.63. The Labute approximate surface area is 375 Å². The number of fused-ring (bicyclic) bond motifs is 2. The Morgan fingerprint density at radius 1 is 0.859 bits per heavy atom. The fraction of sp³-hybridized carbons (Fsp3) is 0.667. The van der Waals surface area contributed by atoms with E-state index in [4.69, 9.17) is 33.2 Å². The van der Waals surface area contributed by atoms with E-state index in [0.717, 1.165) is 37.1 Å². The molecule has 1 saturated heterocycles. The number of nitrogens with one attached hydrogen (secondary N) is 2. The van der Waals surface area contributed by atoms with Crippen molar-refractivity contribution in [2.24, 2.45) is 17.3 Å². The van der Waals surface area contributed by atoms with Crippen molar-refractivity contribution in [1.29, 1.82) is 0 Å². The van der Waals surface area contributed by atoms with E-state index in [1.54, 1.807) is 12.3 Å². The number of pyridine rings is 2. The van der Waals surface area contributed by atoms with E-state index in [2.05, 4.69) is 47.4 Å². The van der Waals surface area contributed by atoms with Crippen molar-refractivity contribution < 1.29 is 52.6 Å². The molecule has 19 nitrogen and oxygen atoms in total. The second-order valence-electron chi connectivity index (χ2n) is 16.5. The number of carbonyl (C=O) groups is 3. The molecule has 6 rings (SSSR count). The summed E-state index contributed by atoms with van der Waals surface area (Å²) in [5, 5.41) is 23.4. The Morgan fingerprint density at radius 2 is 1.55 bits per heavy atom. The zero-order valence-corrected chi connectivity index (χ0v) is 37.2. The molecule has 19 heteroatoms. The third-order valence-electron chi connectivity index (χ3n) is 12.3. The molecule has 352 valence electrons. The first kappa shape index (κ1) is 49.0. The minimum atomic E-state index is -1.06. The molecule has 0 aromatic carbocycles. The summed E-state index contributed by atoms with van der Waals surface area (Å²) < 4.78 is 40.7. The first-order chi connectivity index (χ1) is 31.3. The summed E-state index contributed by atoms with van der Waals surface area (Å²) in [6, 6.07) is 9.99. The van der Waals surface area contributed by atoms with Crippen LogP contribution in [0.3, 0.4) is 0 Å². The van der Waals surface area contributed by atoms with E-state index in [0.29, 0.717) is 161 Å². The minimum Gasteiger partial charge on any atom is -0.477 e. The Kier molecular flexibility index (Phi) is 20.3. The summed E-state index contributed by atoms with van der Waals surface area (Å²) in [5.41, 5.74) is 3.64. The lowest BCUT2D eigenvalue weighted by atomic mass is 9.92. The summed E-state index contributed by atoms with van der Waals surface area (Å²) >= 11 is 0. The van der Waals surface area contributed by atoms with Crippen molar-refractivity contribution in [1.82, 2.24) is 40.5 Å². The highest BCUT2D eigenvalue weighted by Gasteiger charge is 2.60. The van der Waals surface area contributed by atoms with Crippen molar-refractivity contribution in [2.75, 3.05) is 119 Å². The van der Waals surface area contributed by atoms with Gasteiger partial charge in [0, 0.05) is 64.4 Å². The predicted molar refractivity (Wildman–Crippen MR) is 232 cm³/mol. The molecule has 4 heterocycles. The number of amides is 1. The van der Waals surface area contributed by atoms with Crippen LogP contribution in [0.15, 0.2) is 42.6 Å². The molecule has 0 spiro atoms. The van der Waals surface area contributed by atoms with Gasteiger partial charge in [0.15, 0.2) is 5.78 Å². The lowest BCUT2D eigenvalue weighted by molar-refractivity contribution is -0.125. The second kappa shape index (κ2) is 26.5. The van der Waals surface area contributed by atoms with Gasteiger partial charge in [0.1, 0.15) is 11.7 Å². The maximum atomic E-state index is 13.9. The number of aryl methyl sites for hydroxylation is 2. The number of aromatic carboxylic acids is 1. The maximum absolute atomic E-state index is 13.9. The molecule has 64 heavy (non-hydrogen) atoms. The molecular formula is C45H66N8O11. The normalized spacial score (nSPS) is 22.6. The van der Waals surface area contributed by atoms with Gasteiger partial charge in [-0.25, -0.2) is 14.6 Å². The zero-order chi connectivity index (χ0) is 44.8. The van der Waals surface area contributed by atoms with Crippen LogP contribution in [0.2, 0.25) is 0 Å². The third kappa shape index (κ3) is 15.6. The first-order valence-electron chi connectivity index (χ1n) is 22.7. The summed E-state index contributed by atoms with van der Waals surface area (Å²) in [4.78, 5) is 50.7. The summed E-state index contributed by atoms with van der Waals surface area (Å²) in [6.07, 6.45) is 5.95. The number of alkyl carbamates (subject to hydrolysis) is 1. The standard InChI is InChI=1S/C45H66N8O11/c1-45-13-12-38-37(49-51-50-38)11-10-35(45)36(45)33-64-44(57)47-15-21-59-27-26-58-20-5-9-41(54)42(39-7-2-3-14-46-39)53-18-24-62-30-28-60-22-16-52(17-23-61-29-31-63-25-19-53)32-34-6-4-8-40(48-34)43(55)56/h2-4,6-8,14,35-36,42H,5,9-13,15-33H2,1H3,(H,47,57)(H,55,56)(H,49,50,51)/t35-,36+,42?,45-/m0/s1. The molecule has 0 radical (unpaired) electrons. The quantitative estimate of drug-likeness (QED) is 0.156. The number of carbonyl (C=O) groups excluding carboxylic acids is 2. The average Bonchev–Trinajstić information content (AvgIpc) is 3.56. The maximum Gasteiger partial charge on any atom is 0.407 e. The van der Waals surface area contributed by atoms with Gasteiger partial charge in [-0.15, -0.1) is 0 Å². The van der Waals surface area contributed by atoms with E-state index < -0.39 is 18.1 Å². The van der Waals surface area contributed by atoms with Crippen LogP contribution < -0.4 is 5.32 Å². The van der Waals surface area contributed by atoms with Gasteiger partial charge in [0.2, 0.25) is 0 Å². The van der Waals surface area contributed by atoms with Gasteiger partial charge in [-0.1, -0.05) is 19.1 Å². The van der Waals surface area contributed by atoms with Crippen LogP contribution in [0.1, 0.15) is 71.9 Å². The van der Waals surface area contributed by atoms with Gasteiger partial charge >= 0.3 is 12.1 Å². The Hall–Kier alpha value is -4.47. The zero-order valence-electron chi connectivity index (χ0n) is 37.2. The number of Topliss-reactive ketones (excluding diaryl/α,β-unsaturated/α-hetero) is 1. The van der Waals surface area contributed by atoms with E-state index >= 15 is 0 Å². The average molecular weight is 895 g/mol. The van der Waals surface area contributed by atoms with Gasteiger partial charge in [-0.3, -0.25) is 19.6 Å². The third-order valence-corrected chi connectivity index (χ3v) is 12.3. The summed E-state index contributed by atoms with van der Waals surface area (Å²) in [6.45, 7) is 10.4. The van der Waals surface area contributed by atoms with E-state index in [1.165, 1.54) is 6.07 Å². The Balaban J connectivity index is 0.852. The molecule has 1 unspecified atom stereocenters. The Bertz CT molecular complexity index is 1840. The molecule has 2 fully saturated rings. The Morgan fingerprint density at radius 3 is 2.23 bits per heavy atom. The number of carboxylic acids is 1. The molecule has 3 aliphatic rings. The first-order valence-corrected chi connectivity index (χ1v) is 22.7. The van der Waals surface area contributed by atoms with Crippen LogP contribution in [0.5, 0.6) is 0 Å². The van der Waals surface area contributed by atoms with Crippen LogP contribution in [-0.4, -0.2) is 177 Å². The number of hydrogen-bond acceptors (Lipinski definition) is 16. The van der Waals surface area contributed by atoms with Gasteiger partial charge in [-0.05, 0) is 67.7 Å². The van der Waals surface area contributed by atoms with E-state index in [1.807, 2.05) is 24.3 Å². The molecular weight excluding hydrogens is 829 g/mol. The molecule has 2 aliphatic carbocycles. The van der Waals surface area contributed by atoms with Gasteiger partial charge < -0.3 is 43.6 Å². The number of carboxylic acid groups (broad SMARTS) is 1. The lowest BCUT2D eigenvalue weighted by Gasteiger charge is -2.30. The highest BCUT2D eigenvalue weighted by molar-refractivity contribution is 5.85. The largest absolute Gasteiger partial charge is 0.477 e.